The number of hydrogen-bond donors (Lipinski definition) is 1. The molecule has 0 saturated carbocycles. The number of fused-ring (bicyclic) bond motifs is 1. The number of imidazole rings is 1. The third kappa shape index (κ3) is 3.16. The van der Waals surface area contributed by atoms with E-state index in [4.69, 9.17) is 0 Å². The number of aryl methyl sites for hydroxylation is 2. The average molecular weight is 344 g/mol. The Morgan fingerprint density at radius 2 is 2.00 bits per heavy atom. The van der Waals surface area contributed by atoms with E-state index in [2.05, 4.69) is 35.8 Å². The van der Waals surface area contributed by atoms with Gasteiger partial charge in [0.25, 0.3) is 5.56 Å². The van der Waals surface area contributed by atoms with Gasteiger partial charge in [-0.1, -0.05) is 27.2 Å². The van der Waals surface area contributed by atoms with Crippen LogP contribution < -0.4 is 11.2 Å². The molecule has 0 aliphatic carbocycles. The molecule has 0 unspecified atom stereocenters. The van der Waals surface area contributed by atoms with Gasteiger partial charge in [0, 0.05) is 26.3 Å². The topological polar surface area (TPSA) is 90.5 Å². The number of nitrogens with zero attached hydrogens (tertiary/aromatic N) is 5. The van der Waals surface area contributed by atoms with Gasteiger partial charge in [-0.15, -0.1) is 0 Å². The summed E-state index contributed by atoms with van der Waals surface area (Å²) in [5.41, 5.74) is 0.923. The van der Waals surface area contributed by atoms with Crippen molar-refractivity contribution in [2.45, 2.75) is 46.7 Å². The molecule has 8 heteroatoms. The highest BCUT2D eigenvalue weighted by atomic mass is 16.2. The van der Waals surface area contributed by atoms with Crippen LogP contribution in [0.15, 0.2) is 22.0 Å². The minimum absolute atomic E-state index is 0.322. The van der Waals surface area contributed by atoms with Gasteiger partial charge in [0.15, 0.2) is 11.2 Å². The predicted molar refractivity (Wildman–Crippen MR) is 96.6 cm³/mol. The lowest BCUT2D eigenvalue weighted by Crippen LogP contribution is -2.31. The van der Waals surface area contributed by atoms with Crippen molar-refractivity contribution >= 4 is 11.2 Å². The lowest BCUT2D eigenvalue weighted by atomic mass is 10.2. The number of H-pyrrole nitrogens is 1. The molecule has 0 fully saturated rings. The minimum atomic E-state index is -0.405. The Labute approximate surface area is 145 Å². The van der Waals surface area contributed by atoms with E-state index >= 15 is 0 Å². The molecule has 0 bridgehead atoms. The highest BCUT2D eigenvalue weighted by molar-refractivity contribution is 5.76. The summed E-state index contributed by atoms with van der Waals surface area (Å²) >= 11 is 0. The largest absolute Gasteiger partial charge is 0.330 e. The number of unbranched alkanes of at least 4 members (excludes halogenated alkanes) is 1. The summed E-state index contributed by atoms with van der Waals surface area (Å²) in [7, 11) is 1.84. The molecule has 134 valence electrons. The maximum absolute atomic E-state index is 12.5. The van der Waals surface area contributed by atoms with Crippen LogP contribution in [-0.4, -0.2) is 28.9 Å². The third-order valence-corrected chi connectivity index (χ3v) is 4.13. The quantitative estimate of drug-likeness (QED) is 0.737. The van der Waals surface area contributed by atoms with Gasteiger partial charge >= 0.3 is 5.69 Å². The van der Waals surface area contributed by atoms with Gasteiger partial charge in [-0.05, 0) is 12.3 Å². The number of rotatable bonds is 6. The van der Waals surface area contributed by atoms with Crippen LogP contribution in [0.5, 0.6) is 0 Å². The van der Waals surface area contributed by atoms with E-state index in [0.29, 0.717) is 36.0 Å². The van der Waals surface area contributed by atoms with E-state index in [0.717, 1.165) is 18.4 Å². The molecule has 25 heavy (non-hydrogen) atoms. The second-order valence-electron chi connectivity index (χ2n) is 6.78. The number of hydrogen-bond acceptors (Lipinski definition) is 4. The molecule has 3 aromatic heterocycles. The van der Waals surface area contributed by atoms with Gasteiger partial charge in [-0.25, -0.2) is 9.78 Å². The number of aromatic amines is 1. The summed E-state index contributed by atoms with van der Waals surface area (Å²) in [5.74, 6) is 0.987. The summed E-state index contributed by atoms with van der Waals surface area (Å²) in [6.07, 6.45) is 5.39. The van der Waals surface area contributed by atoms with E-state index in [1.807, 2.05) is 17.8 Å². The molecule has 0 atom stereocenters. The predicted octanol–water partition coefficient (Wildman–Crippen LogP) is 1.74. The fourth-order valence-corrected chi connectivity index (χ4v) is 3.00. The first kappa shape index (κ1) is 17.2. The van der Waals surface area contributed by atoms with Crippen molar-refractivity contribution in [3.05, 3.63) is 33.2 Å². The van der Waals surface area contributed by atoms with Crippen molar-refractivity contribution in [2.24, 2.45) is 13.0 Å². The molecule has 0 saturated heterocycles. The fourth-order valence-electron chi connectivity index (χ4n) is 3.00. The van der Waals surface area contributed by atoms with Crippen LogP contribution in [0.2, 0.25) is 0 Å². The Bertz CT molecular complexity index is 1000. The van der Waals surface area contributed by atoms with Crippen LogP contribution in [-0.2, 0) is 20.1 Å². The summed E-state index contributed by atoms with van der Waals surface area (Å²) in [6, 6.07) is 0. The molecular weight excluding hydrogens is 320 g/mol. The van der Waals surface area contributed by atoms with E-state index in [1.54, 1.807) is 15.4 Å². The standard InChI is InChI=1S/C17H24N6O2/c1-5-6-7-22-15-13(16(24)20-17(22)25)23(9-11(2)3)14(19-15)12-8-18-21(4)10-12/h8,10-11H,5-7,9H2,1-4H3,(H,20,24,25). The molecular formula is C17H24N6O2. The van der Waals surface area contributed by atoms with Crippen LogP contribution in [0.25, 0.3) is 22.6 Å². The Balaban J connectivity index is 2.33. The van der Waals surface area contributed by atoms with Crippen LogP contribution >= 0.6 is 0 Å². The fraction of sp³-hybridized carbons (Fsp3) is 0.529. The third-order valence-electron chi connectivity index (χ3n) is 4.13. The number of nitrogens with one attached hydrogen (secondary N) is 1. The summed E-state index contributed by atoms with van der Waals surface area (Å²) in [4.78, 5) is 31.9. The van der Waals surface area contributed by atoms with E-state index in [9.17, 15) is 9.59 Å². The van der Waals surface area contributed by atoms with E-state index < -0.39 is 11.2 Å². The molecule has 0 amide bonds. The smallest absolute Gasteiger partial charge is 0.318 e. The maximum Gasteiger partial charge on any atom is 0.330 e. The van der Waals surface area contributed by atoms with Crippen molar-refractivity contribution in [3.8, 4) is 11.4 Å². The average Bonchev–Trinajstić information content (AvgIpc) is 3.11. The highest BCUT2D eigenvalue weighted by Gasteiger charge is 2.20. The first-order chi connectivity index (χ1) is 11.9. The Morgan fingerprint density at radius 3 is 2.60 bits per heavy atom. The number of aromatic nitrogens is 6. The molecule has 3 aromatic rings. The van der Waals surface area contributed by atoms with Gasteiger partial charge in [-0.2, -0.15) is 5.10 Å². The normalized spacial score (nSPS) is 11.7. The molecule has 1 N–H and O–H groups in total. The van der Waals surface area contributed by atoms with Gasteiger partial charge in [0.1, 0.15) is 5.82 Å². The molecule has 0 aliphatic rings. The van der Waals surface area contributed by atoms with E-state index in [1.165, 1.54) is 0 Å². The second-order valence-corrected chi connectivity index (χ2v) is 6.78. The zero-order valence-corrected chi connectivity index (χ0v) is 15.1. The second kappa shape index (κ2) is 6.70. The maximum atomic E-state index is 12.5. The lowest BCUT2D eigenvalue weighted by Gasteiger charge is -2.10. The van der Waals surface area contributed by atoms with Crippen LogP contribution in [0.1, 0.15) is 33.6 Å². The Morgan fingerprint density at radius 1 is 1.24 bits per heavy atom. The van der Waals surface area contributed by atoms with E-state index in [-0.39, 0.29) is 0 Å². The van der Waals surface area contributed by atoms with Crippen molar-refractivity contribution in [1.29, 1.82) is 0 Å². The molecule has 0 aliphatic heterocycles. The monoisotopic (exact) mass is 344 g/mol. The molecule has 3 rings (SSSR count). The summed E-state index contributed by atoms with van der Waals surface area (Å²) < 4.78 is 5.16. The molecule has 3 heterocycles. The molecule has 0 radical (unpaired) electrons. The van der Waals surface area contributed by atoms with Crippen LogP contribution in [0.4, 0.5) is 0 Å². The van der Waals surface area contributed by atoms with Gasteiger partial charge in [0.2, 0.25) is 0 Å². The SMILES string of the molecule is CCCCn1c(=O)[nH]c(=O)c2c1nc(-c1cnn(C)c1)n2CC(C)C. The van der Waals surface area contributed by atoms with Crippen molar-refractivity contribution in [2.75, 3.05) is 0 Å². The summed E-state index contributed by atoms with van der Waals surface area (Å²) in [5, 5.41) is 4.20. The van der Waals surface area contributed by atoms with Crippen molar-refractivity contribution in [3.63, 3.8) is 0 Å². The Hall–Kier alpha value is -2.64. The lowest BCUT2D eigenvalue weighted by molar-refractivity contribution is 0.535. The molecule has 0 aromatic carbocycles. The molecule has 0 spiro atoms. The zero-order chi connectivity index (χ0) is 18.1. The molecule has 8 nitrogen and oxygen atoms in total. The van der Waals surface area contributed by atoms with Gasteiger partial charge in [-0.3, -0.25) is 19.0 Å². The summed E-state index contributed by atoms with van der Waals surface area (Å²) in [6.45, 7) is 7.40. The minimum Gasteiger partial charge on any atom is -0.318 e. The van der Waals surface area contributed by atoms with Gasteiger partial charge in [0.05, 0.1) is 11.8 Å². The van der Waals surface area contributed by atoms with Crippen molar-refractivity contribution in [1.82, 2.24) is 28.9 Å². The Kier molecular flexibility index (Phi) is 4.61. The first-order valence-electron chi connectivity index (χ1n) is 8.64. The van der Waals surface area contributed by atoms with Crippen molar-refractivity contribution < 1.29 is 0 Å². The zero-order valence-electron chi connectivity index (χ0n) is 15.1. The first-order valence-corrected chi connectivity index (χ1v) is 8.64. The van der Waals surface area contributed by atoms with Gasteiger partial charge < -0.3 is 4.57 Å². The van der Waals surface area contributed by atoms with Crippen LogP contribution in [0.3, 0.4) is 0 Å². The van der Waals surface area contributed by atoms with Crippen LogP contribution in [0, 0.1) is 5.92 Å². The highest BCUT2D eigenvalue weighted by Crippen LogP contribution is 2.23.